The number of nitrogen functional groups attached to an aromatic ring is 1. The Bertz CT molecular complexity index is 1600. The molecule has 178 valence electrons. The summed E-state index contributed by atoms with van der Waals surface area (Å²) in [4.78, 5) is 29.3. The molecular weight excluding hydrogens is 458 g/mol. The van der Waals surface area contributed by atoms with Crippen molar-refractivity contribution >= 4 is 34.3 Å². The number of nitrogens with zero attached hydrogens (tertiary/aromatic N) is 5. The van der Waals surface area contributed by atoms with Crippen molar-refractivity contribution in [1.82, 2.24) is 25.0 Å². The summed E-state index contributed by atoms with van der Waals surface area (Å²) in [5.74, 6) is 8.73. The first kappa shape index (κ1) is 22.7. The maximum atomic E-state index is 12.1. The lowest BCUT2D eigenvalue weighted by atomic mass is 10.0. The van der Waals surface area contributed by atoms with E-state index >= 15 is 0 Å². The van der Waals surface area contributed by atoms with Gasteiger partial charge in [0.15, 0.2) is 5.94 Å². The van der Waals surface area contributed by atoms with Crippen LogP contribution in [0.5, 0.6) is 5.75 Å². The minimum Gasteiger partial charge on any atom is -0.496 e. The smallest absolute Gasteiger partial charge is 0.246 e. The average molecular weight is 480 g/mol. The van der Waals surface area contributed by atoms with Crippen LogP contribution in [0.3, 0.4) is 0 Å². The maximum Gasteiger partial charge on any atom is 0.246 e. The number of ether oxygens (including phenoxy) is 1. The molecule has 2 aliphatic rings. The number of anilines is 1. The monoisotopic (exact) mass is 479 g/mol. The van der Waals surface area contributed by atoms with Crippen molar-refractivity contribution in [1.29, 1.82) is 5.26 Å². The largest absolute Gasteiger partial charge is 0.496 e. The van der Waals surface area contributed by atoms with Gasteiger partial charge in [0.2, 0.25) is 5.91 Å². The van der Waals surface area contributed by atoms with Crippen LogP contribution in [-0.2, 0) is 16.1 Å². The number of methoxy groups -OCH3 is 1. The standard InChI is InChI=1S/C26H21N7O3/c1-3-23(35)32-7-6-17(13-32)33-25-16(10-27)11-30-26(28)24(25)20(31-33)5-4-15-8-18-19(22(9-15)36-2)12-29-21(18)14-34/h3,8-9,11,17,29H,1,6-7,12-13H2,2H3,(H2,28,30)/t17-/m0/s1. The third kappa shape index (κ3) is 3.63. The van der Waals surface area contributed by atoms with Crippen molar-refractivity contribution in [3.8, 4) is 23.7 Å². The van der Waals surface area contributed by atoms with E-state index in [-0.39, 0.29) is 17.8 Å². The highest BCUT2D eigenvalue weighted by molar-refractivity contribution is 5.96. The van der Waals surface area contributed by atoms with Crippen LogP contribution in [0.4, 0.5) is 5.82 Å². The lowest BCUT2D eigenvalue weighted by Gasteiger charge is -2.15. The molecule has 1 atom stereocenters. The number of amides is 1. The van der Waals surface area contributed by atoms with E-state index in [1.54, 1.807) is 28.8 Å². The summed E-state index contributed by atoms with van der Waals surface area (Å²) >= 11 is 0. The van der Waals surface area contributed by atoms with Crippen molar-refractivity contribution in [2.45, 2.75) is 19.0 Å². The van der Waals surface area contributed by atoms with E-state index in [4.69, 9.17) is 15.6 Å². The zero-order valence-electron chi connectivity index (χ0n) is 19.5. The van der Waals surface area contributed by atoms with Gasteiger partial charge in [0.25, 0.3) is 0 Å². The highest BCUT2D eigenvalue weighted by Crippen LogP contribution is 2.33. The lowest BCUT2D eigenvalue weighted by molar-refractivity contribution is -0.125. The molecule has 0 saturated carbocycles. The molecular formula is C26H21N7O3. The molecule has 0 aliphatic carbocycles. The van der Waals surface area contributed by atoms with Gasteiger partial charge in [-0.15, -0.1) is 0 Å². The summed E-state index contributed by atoms with van der Waals surface area (Å²) in [5, 5.41) is 18.0. The molecule has 4 heterocycles. The SMILES string of the molecule is C=CC(=O)N1CC[C@H](n2nc(C#Cc3cc(OC)c4c(c3)C(=C=O)NC4)c3c(N)ncc(C#N)c32)C1. The fourth-order valence-electron chi connectivity index (χ4n) is 4.70. The highest BCUT2D eigenvalue weighted by atomic mass is 16.5. The van der Waals surface area contributed by atoms with Gasteiger partial charge < -0.3 is 20.7 Å². The Morgan fingerprint density at radius 2 is 2.22 bits per heavy atom. The molecule has 10 heteroatoms. The number of nitriles is 1. The number of pyridine rings is 1. The van der Waals surface area contributed by atoms with E-state index < -0.39 is 0 Å². The first-order valence-corrected chi connectivity index (χ1v) is 11.2. The fourth-order valence-corrected chi connectivity index (χ4v) is 4.70. The summed E-state index contributed by atoms with van der Waals surface area (Å²) in [5.41, 5.74) is 9.96. The Balaban J connectivity index is 1.63. The zero-order chi connectivity index (χ0) is 25.4. The molecule has 0 bridgehead atoms. The third-order valence-corrected chi connectivity index (χ3v) is 6.44. The van der Waals surface area contributed by atoms with E-state index in [9.17, 15) is 14.9 Å². The highest BCUT2D eigenvalue weighted by Gasteiger charge is 2.30. The van der Waals surface area contributed by atoms with Crippen molar-refractivity contribution in [2.24, 2.45) is 0 Å². The second-order valence-electron chi connectivity index (χ2n) is 8.40. The Morgan fingerprint density at radius 3 is 2.94 bits per heavy atom. The molecule has 0 radical (unpaired) electrons. The third-order valence-electron chi connectivity index (χ3n) is 6.44. The number of fused-ring (bicyclic) bond motifs is 2. The number of nitrogens with one attached hydrogen (secondary N) is 1. The summed E-state index contributed by atoms with van der Waals surface area (Å²) in [7, 11) is 1.56. The Morgan fingerprint density at radius 1 is 1.39 bits per heavy atom. The van der Waals surface area contributed by atoms with E-state index in [1.807, 2.05) is 5.94 Å². The summed E-state index contributed by atoms with van der Waals surface area (Å²) in [6.45, 7) is 5.01. The number of likely N-dealkylation sites (tertiary alicyclic amines) is 1. The van der Waals surface area contributed by atoms with Gasteiger partial charge in [0.1, 0.15) is 29.0 Å². The predicted molar refractivity (Wildman–Crippen MR) is 132 cm³/mol. The van der Waals surface area contributed by atoms with Crippen LogP contribution in [-0.4, -0.2) is 51.7 Å². The Labute approximate surface area is 206 Å². The van der Waals surface area contributed by atoms with Crippen LogP contribution >= 0.6 is 0 Å². The molecule has 0 spiro atoms. The van der Waals surface area contributed by atoms with Gasteiger partial charge in [-0.25, -0.2) is 9.78 Å². The molecule has 1 fully saturated rings. The first-order chi connectivity index (χ1) is 17.5. The minimum atomic E-state index is -0.160. The normalized spacial score (nSPS) is 15.9. The van der Waals surface area contributed by atoms with Crippen LogP contribution in [0, 0.1) is 23.2 Å². The van der Waals surface area contributed by atoms with Crippen molar-refractivity contribution in [3.63, 3.8) is 0 Å². The molecule has 3 N–H and O–H groups in total. The number of nitrogens with two attached hydrogens (primary N) is 1. The molecule has 2 aliphatic heterocycles. The fraction of sp³-hybridized carbons (Fsp3) is 0.231. The quantitative estimate of drug-likeness (QED) is 0.328. The second-order valence-corrected chi connectivity index (χ2v) is 8.40. The molecule has 1 aromatic carbocycles. The zero-order valence-corrected chi connectivity index (χ0v) is 19.5. The van der Waals surface area contributed by atoms with Gasteiger partial charge in [-0.3, -0.25) is 9.48 Å². The number of hydrogen-bond donors (Lipinski definition) is 2. The molecule has 36 heavy (non-hydrogen) atoms. The average Bonchev–Trinajstić information content (AvgIpc) is 3.64. The van der Waals surface area contributed by atoms with E-state index in [2.05, 4.69) is 34.8 Å². The number of benzene rings is 1. The number of rotatable bonds is 3. The molecule has 1 saturated heterocycles. The van der Waals surface area contributed by atoms with Crippen molar-refractivity contribution in [3.05, 3.63) is 58.9 Å². The lowest BCUT2D eigenvalue weighted by Crippen LogP contribution is -2.27. The van der Waals surface area contributed by atoms with E-state index in [1.165, 1.54) is 12.3 Å². The molecule has 1 amide bonds. The summed E-state index contributed by atoms with van der Waals surface area (Å²) < 4.78 is 7.23. The predicted octanol–water partition coefficient (Wildman–Crippen LogP) is 1.53. The number of aromatic nitrogens is 3. The van der Waals surface area contributed by atoms with Gasteiger partial charge in [-0.1, -0.05) is 12.5 Å². The van der Waals surface area contributed by atoms with Gasteiger partial charge >= 0.3 is 0 Å². The molecule has 3 aromatic rings. The molecule has 10 nitrogen and oxygen atoms in total. The molecule has 5 rings (SSSR count). The van der Waals surface area contributed by atoms with Gasteiger partial charge in [-0.05, 0) is 30.6 Å². The molecule has 0 unspecified atom stereocenters. The van der Waals surface area contributed by atoms with Crippen LogP contribution in [0.1, 0.15) is 40.4 Å². The van der Waals surface area contributed by atoms with Crippen LogP contribution < -0.4 is 15.8 Å². The van der Waals surface area contributed by atoms with Gasteiger partial charge in [0, 0.05) is 42.5 Å². The van der Waals surface area contributed by atoms with Gasteiger partial charge in [0.05, 0.1) is 29.6 Å². The number of hydrogen-bond acceptors (Lipinski definition) is 8. The topological polar surface area (TPSA) is 139 Å². The molecule has 2 aromatic heterocycles. The van der Waals surface area contributed by atoms with Crippen molar-refractivity contribution in [2.75, 3.05) is 25.9 Å². The Hall–Kier alpha value is -5.05. The number of carbonyl (C=O) groups excluding carboxylic acids is 2. The summed E-state index contributed by atoms with van der Waals surface area (Å²) in [6, 6.07) is 5.59. The van der Waals surface area contributed by atoms with E-state index in [0.29, 0.717) is 70.8 Å². The second kappa shape index (κ2) is 8.95. The maximum absolute atomic E-state index is 12.1. The van der Waals surface area contributed by atoms with Crippen LogP contribution in [0.2, 0.25) is 0 Å². The first-order valence-electron chi connectivity index (χ1n) is 11.2. The van der Waals surface area contributed by atoms with E-state index in [0.717, 1.165) is 5.56 Å². The van der Waals surface area contributed by atoms with Gasteiger partial charge in [-0.2, -0.15) is 10.4 Å². The summed E-state index contributed by atoms with van der Waals surface area (Å²) in [6.07, 6.45) is 3.36. The van der Waals surface area contributed by atoms with Crippen LogP contribution in [0.25, 0.3) is 16.6 Å². The van der Waals surface area contributed by atoms with Crippen LogP contribution in [0.15, 0.2) is 31.0 Å². The Kier molecular flexibility index (Phi) is 5.65. The minimum absolute atomic E-state index is 0.153. The van der Waals surface area contributed by atoms with Crippen molar-refractivity contribution < 1.29 is 14.3 Å². The number of carbonyl (C=O) groups is 1.